The Labute approximate surface area is 256 Å². The number of carbonyl (C=O) groups is 1. The molecule has 0 saturated heterocycles. The molecule has 0 fully saturated rings. The summed E-state index contributed by atoms with van der Waals surface area (Å²) < 4.78 is 33.7. The van der Waals surface area contributed by atoms with Gasteiger partial charge in [0.1, 0.15) is 0 Å². The number of rotatable bonds is 16. The molecule has 0 heterocycles. The van der Waals surface area contributed by atoms with Gasteiger partial charge in [-0.05, 0) is 86.4 Å². The highest BCUT2D eigenvalue weighted by molar-refractivity contribution is 5.85. The summed E-state index contributed by atoms with van der Waals surface area (Å²) in [6, 6.07) is 7.95. The minimum atomic E-state index is -1.04. The van der Waals surface area contributed by atoms with Crippen LogP contribution in [0.2, 0.25) is 0 Å². The van der Waals surface area contributed by atoms with Gasteiger partial charge in [-0.25, -0.2) is 4.79 Å². The molecule has 0 amide bonds. The number of aryl methyl sites for hydroxylation is 1. The van der Waals surface area contributed by atoms with Gasteiger partial charge in [0, 0.05) is 18.1 Å². The second-order valence-electron chi connectivity index (χ2n) is 10.8. The lowest BCUT2D eigenvalue weighted by atomic mass is 9.54. The molecule has 0 spiro atoms. The van der Waals surface area contributed by atoms with Crippen LogP contribution in [-0.2, 0) is 27.8 Å². The molecule has 0 aromatic heterocycles. The number of carboxylic acids is 1. The number of aliphatic carboxylic acids is 1. The first kappa shape index (κ1) is 35.3. The number of nitrogens with one attached hydrogen (secondary N) is 1. The summed E-state index contributed by atoms with van der Waals surface area (Å²) in [5, 5.41) is 14.0. The van der Waals surface area contributed by atoms with Gasteiger partial charge in [0.05, 0.1) is 35.5 Å². The first-order valence-corrected chi connectivity index (χ1v) is 14.2. The summed E-state index contributed by atoms with van der Waals surface area (Å²) >= 11 is 0. The van der Waals surface area contributed by atoms with Crippen molar-refractivity contribution in [1.82, 2.24) is 5.32 Å². The molecule has 2 aromatic rings. The van der Waals surface area contributed by atoms with Gasteiger partial charge in [-0.2, -0.15) is 0 Å². The van der Waals surface area contributed by atoms with Crippen LogP contribution < -0.4 is 29.0 Å². The molecular weight excluding hydrogens is 562 g/mol. The third kappa shape index (κ3) is 6.84. The van der Waals surface area contributed by atoms with Crippen LogP contribution in [0.1, 0.15) is 49.8 Å². The lowest BCUT2D eigenvalue weighted by molar-refractivity contribution is -0.158. The van der Waals surface area contributed by atoms with Crippen molar-refractivity contribution in [3.05, 3.63) is 41.0 Å². The summed E-state index contributed by atoms with van der Waals surface area (Å²) in [6.45, 7) is 5.77. The summed E-state index contributed by atoms with van der Waals surface area (Å²) in [4.78, 5) is 12.7. The molecular formula is C32H48ClNO8. The van der Waals surface area contributed by atoms with E-state index in [0.29, 0.717) is 17.2 Å². The van der Waals surface area contributed by atoms with E-state index in [9.17, 15) is 9.90 Å². The number of hydrogen-bond donors (Lipinski definition) is 2. The van der Waals surface area contributed by atoms with Gasteiger partial charge >= 0.3 is 5.97 Å². The Morgan fingerprint density at radius 1 is 0.929 bits per heavy atom. The van der Waals surface area contributed by atoms with Crippen molar-refractivity contribution in [1.29, 1.82) is 0 Å². The molecule has 0 saturated carbocycles. The fraction of sp³-hybridized carbons (Fsp3) is 0.594. The zero-order valence-electron chi connectivity index (χ0n) is 26.2. The summed E-state index contributed by atoms with van der Waals surface area (Å²) in [5.74, 6) is 2.12. The number of benzene rings is 2. The SMILES string of the molecule is COc1ccc(CCCNCCC2CCc3c(cc(OC)c(OC)c3OC)C2(C(C)C)C(OC)C(=O)O)cc1OC.Cl. The topological polar surface area (TPSA) is 105 Å². The van der Waals surface area contributed by atoms with Crippen LogP contribution in [0.25, 0.3) is 0 Å². The number of ether oxygens (including phenoxy) is 6. The molecule has 42 heavy (non-hydrogen) atoms. The average molecular weight is 610 g/mol. The molecule has 0 radical (unpaired) electrons. The highest BCUT2D eigenvalue weighted by Gasteiger charge is 2.56. The molecule has 1 aliphatic carbocycles. The second kappa shape index (κ2) is 16.1. The first-order valence-electron chi connectivity index (χ1n) is 14.2. The Kier molecular flexibility index (Phi) is 13.5. The maximum atomic E-state index is 12.7. The van der Waals surface area contributed by atoms with E-state index in [0.717, 1.165) is 67.8 Å². The smallest absolute Gasteiger partial charge is 0.333 e. The lowest BCUT2D eigenvalue weighted by Crippen LogP contribution is -2.57. The van der Waals surface area contributed by atoms with Crippen LogP contribution >= 0.6 is 12.4 Å². The van der Waals surface area contributed by atoms with Crippen LogP contribution in [0.5, 0.6) is 28.7 Å². The number of methoxy groups -OCH3 is 6. The van der Waals surface area contributed by atoms with Crippen molar-refractivity contribution in [2.24, 2.45) is 11.8 Å². The van der Waals surface area contributed by atoms with Crippen molar-refractivity contribution in [2.75, 3.05) is 55.7 Å². The van der Waals surface area contributed by atoms with E-state index in [-0.39, 0.29) is 24.2 Å². The summed E-state index contributed by atoms with van der Waals surface area (Å²) in [5.41, 5.74) is 2.25. The van der Waals surface area contributed by atoms with Crippen LogP contribution in [0.15, 0.2) is 24.3 Å². The predicted octanol–water partition coefficient (Wildman–Crippen LogP) is 5.32. The van der Waals surface area contributed by atoms with Gasteiger partial charge in [-0.1, -0.05) is 19.9 Å². The quantitative estimate of drug-likeness (QED) is 0.245. The molecule has 2 aromatic carbocycles. The third-order valence-electron chi connectivity index (χ3n) is 8.60. The van der Waals surface area contributed by atoms with Crippen LogP contribution in [-0.4, -0.2) is 72.9 Å². The number of hydrogen-bond acceptors (Lipinski definition) is 8. The standard InChI is InChI=1S/C32H47NO8.ClH/c1-20(2)32(30(41-8)31(34)35)22(12-13-23-24(32)19-27(38-5)29(40-7)28(23)39-6)15-17-33-16-9-10-21-11-14-25(36-3)26(18-21)37-4;/h11,14,18-20,22,30,33H,9-10,12-13,15-17H2,1-8H3,(H,34,35);1H. The number of halogens is 1. The molecule has 2 N–H and O–H groups in total. The lowest BCUT2D eigenvalue weighted by Gasteiger charge is -2.51. The maximum Gasteiger partial charge on any atom is 0.333 e. The van der Waals surface area contributed by atoms with E-state index in [2.05, 4.69) is 25.2 Å². The fourth-order valence-electron chi connectivity index (χ4n) is 6.81. The Bertz CT molecular complexity index is 1170. The van der Waals surface area contributed by atoms with Gasteiger partial charge in [-0.15, -0.1) is 12.4 Å². The maximum absolute atomic E-state index is 12.7. The highest BCUT2D eigenvalue weighted by Crippen LogP contribution is 2.56. The first-order chi connectivity index (χ1) is 19.7. The fourth-order valence-corrected chi connectivity index (χ4v) is 6.81. The Hall–Kier alpha value is -2.88. The van der Waals surface area contributed by atoms with Gasteiger partial charge in [0.15, 0.2) is 29.1 Å². The summed E-state index contributed by atoms with van der Waals surface area (Å²) in [6.07, 6.45) is 3.18. The number of carboxylic acid groups (broad SMARTS) is 1. The van der Waals surface area contributed by atoms with Crippen LogP contribution in [0, 0.1) is 11.8 Å². The molecule has 0 bridgehead atoms. The molecule has 3 rings (SSSR count). The molecule has 3 unspecified atom stereocenters. The Morgan fingerprint density at radius 2 is 1.60 bits per heavy atom. The van der Waals surface area contributed by atoms with Gasteiger partial charge in [0.2, 0.25) is 5.75 Å². The highest BCUT2D eigenvalue weighted by atomic mass is 35.5. The van der Waals surface area contributed by atoms with Crippen molar-refractivity contribution >= 4 is 18.4 Å². The largest absolute Gasteiger partial charge is 0.493 e. The second-order valence-corrected chi connectivity index (χ2v) is 10.8. The minimum absolute atomic E-state index is 0. The molecule has 236 valence electrons. The normalized spacial score (nSPS) is 18.5. The molecule has 9 nitrogen and oxygen atoms in total. The van der Waals surface area contributed by atoms with E-state index in [1.54, 1.807) is 35.5 Å². The molecule has 1 aliphatic rings. The van der Waals surface area contributed by atoms with Crippen molar-refractivity contribution in [3.63, 3.8) is 0 Å². The monoisotopic (exact) mass is 609 g/mol. The van der Waals surface area contributed by atoms with E-state index >= 15 is 0 Å². The van der Waals surface area contributed by atoms with Crippen molar-refractivity contribution < 1.29 is 38.3 Å². The van der Waals surface area contributed by atoms with Gasteiger partial charge in [0.25, 0.3) is 0 Å². The predicted molar refractivity (Wildman–Crippen MR) is 165 cm³/mol. The number of fused-ring (bicyclic) bond motifs is 1. The van der Waals surface area contributed by atoms with E-state index < -0.39 is 17.5 Å². The molecule has 3 atom stereocenters. The van der Waals surface area contributed by atoms with Crippen LogP contribution in [0.3, 0.4) is 0 Å². The average Bonchev–Trinajstić information content (AvgIpc) is 2.97. The Morgan fingerprint density at radius 3 is 2.14 bits per heavy atom. The zero-order valence-corrected chi connectivity index (χ0v) is 27.0. The van der Waals surface area contributed by atoms with Crippen molar-refractivity contribution in [2.45, 2.75) is 57.5 Å². The van der Waals surface area contributed by atoms with E-state index in [1.807, 2.05) is 18.2 Å². The third-order valence-corrected chi connectivity index (χ3v) is 8.60. The summed E-state index contributed by atoms with van der Waals surface area (Å²) in [7, 11) is 9.54. The van der Waals surface area contributed by atoms with E-state index in [1.165, 1.54) is 12.7 Å². The van der Waals surface area contributed by atoms with Crippen molar-refractivity contribution in [3.8, 4) is 28.7 Å². The minimum Gasteiger partial charge on any atom is -0.493 e. The zero-order chi connectivity index (χ0) is 30.2. The van der Waals surface area contributed by atoms with E-state index in [4.69, 9.17) is 28.4 Å². The van der Waals surface area contributed by atoms with Gasteiger partial charge in [-0.3, -0.25) is 0 Å². The molecule has 0 aliphatic heterocycles. The molecule has 10 heteroatoms. The van der Waals surface area contributed by atoms with Gasteiger partial charge < -0.3 is 38.8 Å². The van der Waals surface area contributed by atoms with Crippen LogP contribution in [0.4, 0.5) is 0 Å². The Balaban J connectivity index is 0.00000616.